The minimum Gasteiger partial charge on any atom is -0.386 e. The van der Waals surface area contributed by atoms with Crippen LogP contribution >= 0.6 is 34.7 Å². The Bertz CT molecular complexity index is 486. The van der Waals surface area contributed by atoms with Gasteiger partial charge in [0.2, 0.25) is 0 Å². The predicted molar refractivity (Wildman–Crippen MR) is 93.8 cm³/mol. The third-order valence-corrected chi connectivity index (χ3v) is 6.41. The molecule has 3 N–H and O–H groups in total. The number of nitrogens with one attached hydrogen (secondary N) is 2. The third-order valence-electron chi connectivity index (χ3n) is 3.54. The van der Waals surface area contributed by atoms with Gasteiger partial charge in [-0.05, 0) is 37.7 Å². The van der Waals surface area contributed by atoms with Gasteiger partial charge in [-0.1, -0.05) is 11.6 Å². The zero-order valence-corrected chi connectivity index (χ0v) is 14.7. The Morgan fingerprint density at radius 1 is 1.52 bits per heavy atom. The number of aliphatic hydroxyl groups is 1. The highest BCUT2D eigenvalue weighted by molar-refractivity contribution is 8.00. The number of thiophene rings is 1. The van der Waals surface area contributed by atoms with Crippen LogP contribution in [0.3, 0.4) is 0 Å². The average molecular weight is 348 g/mol. The lowest BCUT2D eigenvalue weighted by Gasteiger charge is -2.24. The molecule has 1 aromatic rings. The number of aliphatic imine (C=N–C) groups is 1. The van der Waals surface area contributed by atoms with Crippen LogP contribution in [-0.2, 0) is 0 Å². The van der Waals surface area contributed by atoms with Gasteiger partial charge in [0.15, 0.2) is 5.96 Å². The van der Waals surface area contributed by atoms with E-state index in [9.17, 15) is 5.11 Å². The summed E-state index contributed by atoms with van der Waals surface area (Å²) in [5.41, 5.74) is 0. The van der Waals surface area contributed by atoms with E-state index >= 15 is 0 Å². The Morgan fingerprint density at radius 3 is 2.90 bits per heavy atom. The molecule has 1 fully saturated rings. The van der Waals surface area contributed by atoms with Crippen LogP contribution in [0, 0.1) is 0 Å². The quantitative estimate of drug-likeness (QED) is 0.566. The van der Waals surface area contributed by atoms with Crippen molar-refractivity contribution in [2.75, 3.05) is 25.9 Å². The molecule has 0 aromatic carbocycles. The second-order valence-corrected chi connectivity index (χ2v) is 8.80. The predicted octanol–water partition coefficient (Wildman–Crippen LogP) is 2.89. The zero-order valence-electron chi connectivity index (χ0n) is 12.4. The van der Waals surface area contributed by atoms with E-state index in [1.807, 2.05) is 17.8 Å². The van der Waals surface area contributed by atoms with E-state index in [0.717, 1.165) is 17.4 Å². The Balaban J connectivity index is 1.77. The topological polar surface area (TPSA) is 56.7 Å². The number of thioether (sulfide) groups is 1. The van der Waals surface area contributed by atoms with E-state index < -0.39 is 6.10 Å². The van der Waals surface area contributed by atoms with E-state index in [4.69, 9.17) is 11.6 Å². The molecule has 0 bridgehead atoms. The molecule has 2 heterocycles. The highest BCUT2D eigenvalue weighted by atomic mass is 35.5. The third kappa shape index (κ3) is 5.06. The maximum absolute atomic E-state index is 10.1. The summed E-state index contributed by atoms with van der Waals surface area (Å²) in [4.78, 5) is 5.06. The molecule has 1 aliphatic rings. The molecule has 0 aliphatic carbocycles. The van der Waals surface area contributed by atoms with Crippen LogP contribution in [-0.4, -0.2) is 41.7 Å². The summed E-state index contributed by atoms with van der Waals surface area (Å²) in [7, 11) is 1.74. The second kappa shape index (κ2) is 7.72. The Morgan fingerprint density at radius 2 is 2.33 bits per heavy atom. The van der Waals surface area contributed by atoms with Crippen LogP contribution in [0.15, 0.2) is 17.1 Å². The fraction of sp³-hybridized carbons (Fsp3) is 0.643. The van der Waals surface area contributed by atoms with Gasteiger partial charge in [0.25, 0.3) is 0 Å². The van der Waals surface area contributed by atoms with Crippen LogP contribution in [0.4, 0.5) is 0 Å². The second-order valence-electron chi connectivity index (χ2n) is 5.37. The number of guanidine groups is 1. The molecule has 0 spiro atoms. The largest absolute Gasteiger partial charge is 0.386 e. The molecule has 0 radical (unpaired) electrons. The van der Waals surface area contributed by atoms with E-state index in [-0.39, 0.29) is 4.75 Å². The summed E-state index contributed by atoms with van der Waals surface area (Å²) in [6.07, 6.45) is 1.95. The highest BCUT2D eigenvalue weighted by Gasteiger charge is 2.29. The van der Waals surface area contributed by atoms with Gasteiger partial charge in [0, 0.05) is 29.8 Å². The Hall–Kier alpha value is -0.430. The van der Waals surface area contributed by atoms with Crippen molar-refractivity contribution in [2.24, 2.45) is 4.99 Å². The number of aliphatic hydroxyl groups excluding tert-OH is 1. The van der Waals surface area contributed by atoms with Crippen molar-refractivity contribution >= 4 is 40.7 Å². The molecule has 2 unspecified atom stereocenters. The van der Waals surface area contributed by atoms with E-state index in [0.29, 0.717) is 10.9 Å². The molecule has 0 amide bonds. The number of hydrogen-bond acceptors (Lipinski definition) is 4. The first kappa shape index (κ1) is 16.9. The molecule has 21 heavy (non-hydrogen) atoms. The first-order valence-corrected chi connectivity index (χ1v) is 9.22. The van der Waals surface area contributed by atoms with Crippen LogP contribution in [0.1, 0.15) is 30.7 Å². The van der Waals surface area contributed by atoms with Gasteiger partial charge >= 0.3 is 0 Å². The number of rotatable bonds is 5. The lowest BCUT2D eigenvalue weighted by Crippen LogP contribution is -2.44. The summed E-state index contributed by atoms with van der Waals surface area (Å²) < 4.78 is 0.982. The Labute approximate surface area is 139 Å². The minimum atomic E-state index is -0.572. The van der Waals surface area contributed by atoms with E-state index in [1.54, 1.807) is 13.1 Å². The summed E-state index contributed by atoms with van der Waals surface area (Å²) in [5, 5.41) is 16.6. The standard InChI is InChI=1S/C14H22ClN3OS2/c1-14(6-3-7-20-14)9-18-13(16-2)17-8-10(19)11-4-5-12(15)21-11/h4-5,10,19H,3,6-9H2,1-2H3,(H2,16,17,18). The molecule has 0 saturated carbocycles. The molecule has 4 nitrogen and oxygen atoms in total. The Kier molecular flexibility index (Phi) is 6.22. The van der Waals surface area contributed by atoms with Gasteiger partial charge in [-0.15, -0.1) is 11.3 Å². The van der Waals surface area contributed by atoms with Crippen molar-refractivity contribution in [3.63, 3.8) is 0 Å². The smallest absolute Gasteiger partial charge is 0.191 e. The molecule has 118 valence electrons. The molecule has 2 atom stereocenters. The molecule has 1 saturated heterocycles. The number of nitrogens with zero attached hydrogens (tertiary/aromatic N) is 1. The molecule has 1 aromatic heterocycles. The van der Waals surface area contributed by atoms with E-state index in [1.165, 1.54) is 29.9 Å². The van der Waals surface area contributed by atoms with Crippen molar-refractivity contribution in [1.29, 1.82) is 0 Å². The molecule has 7 heteroatoms. The lowest BCUT2D eigenvalue weighted by atomic mass is 10.1. The first-order chi connectivity index (χ1) is 10.0. The fourth-order valence-electron chi connectivity index (χ4n) is 2.27. The van der Waals surface area contributed by atoms with Crippen LogP contribution in [0.5, 0.6) is 0 Å². The minimum absolute atomic E-state index is 0.289. The normalized spacial score (nSPS) is 24.1. The summed E-state index contributed by atoms with van der Waals surface area (Å²) in [6.45, 7) is 3.59. The zero-order chi connectivity index (χ0) is 15.3. The highest BCUT2D eigenvalue weighted by Crippen LogP contribution is 2.36. The maximum Gasteiger partial charge on any atom is 0.191 e. The summed E-state index contributed by atoms with van der Waals surface area (Å²) >= 11 is 9.29. The van der Waals surface area contributed by atoms with Crippen molar-refractivity contribution < 1.29 is 5.11 Å². The maximum atomic E-state index is 10.1. The van der Waals surface area contributed by atoms with Crippen molar-refractivity contribution in [2.45, 2.75) is 30.6 Å². The van der Waals surface area contributed by atoms with Gasteiger partial charge < -0.3 is 15.7 Å². The van der Waals surface area contributed by atoms with Crippen LogP contribution in [0.2, 0.25) is 4.34 Å². The SMILES string of the molecule is CN=C(NCC(O)c1ccc(Cl)s1)NCC1(C)CCCS1. The van der Waals surface area contributed by atoms with Gasteiger partial charge in [-0.3, -0.25) is 4.99 Å². The molecule has 2 rings (SSSR count). The van der Waals surface area contributed by atoms with Crippen molar-refractivity contribution in [3.05, 3.63) is 21.3 Å². The fourth-order valence-corrected chi connectivity index (χ4v) is 4.56. The molecule has 1 aliphatic heterocycles. The number of hydrogen-bond donors (Lipinski definition) is 3. The molecular weight excluding hydrogens is 326 g/mol. The average Bonchev–Trinajstić information content (AvgIpc) is 3.08. The number of halogens is 1. The van der Waals surface area contributed by atoms with Crippen molar-refractivity contribution in [1.82, 2.24) is 10.6 Å². The first-order valence-electron chi connectivity index (χ1n) is 7.04. The van der Waals surface area contributed by atoms with Gasteiger partial charge in [-0.25, -0.2) is 0 Å². The van der Waals surface area contributed by atoms with Crippen LogP contribution < -0.4 is 10.6 Å². The summed E-state index contributed by atoms with van der Waals surface area (Å²) in [5.74, 6) is 1.97. The van der Waals surface area contributed by atoms with Crippen LogP contribution in [0.25, 0.3) is 0 Å². The van der Waals surface area contributed by atoms with E-state index in [2.05, 4.69) is 22.5 Å². The van der Waals surface area contributed by atoms with Gasteiger partial charge in [0.05, 0.1) is 4.34 Å². The van der Waals surface area contributed by atoms with Gasteiger partial charge in [0.1, 0.15) is 6.10 Å². The molecular formula is C14H22ClN3OS2. The van der Waals surface area contributed by atoms with Gasteiger partial charge in [-0.2, -0.15) is 11.8 Å². The monoisotopic (exact) mass is 347 g/mol. The van der Waals surface area contributed by atoms with Crippen molar-refractivity contribution in [3.8, 4) is 0 Å². The lowest BCUT2D eigenvalue weighted by molar-refractivity contribution is 0.184. The summed E-state index contributed by atoms with van der Waals surface area (Å²) in [6, 6.07) is 3.65.